The van der Waals surface area contributed by atoms with E-state index in [0.29, 0.717) is 24.9 Å². The third-order valence-electron chi connectivity index (χ3n) is 8.58. The lowest BCUT2D eigenvalue weighted by Crippen LogP contribution is -2.55. The van der Waals surface area contributed by atoms with Crippen molar-refractivity contribution in [2.24, 2.45) is 34.5 Å². The van der Waals surface area contributed by atoms with Crippen LogP contribution in [-0.4, -0.2) is 17.6 Å². The second-order valence-electron chi connectivity index (χ2n) is 9.57. The molecule has 0 aromatic carbocycles. The van der Waals surface area contributed by atoms with Crippen LogP contribution in [0.15, 0.2) is 30.6 Å². The van der Waals surface area contributed by atoms with Gasteiger partial charge in [0.2, 0.25) is 0 Å². The Kier molecular flexibility index (Phi) is 3.61. The second kappa shape index (κ2) is 5.68. The first-order valence-corrected chi connectivity index (χ1v) is 10.3. The highest BCUT2D eigenvalue weighted by molar-refractivity contribution is 5.72. The maximum absolute atomic E-state index is 11.8. The van der Waals surface area contributed by atoms with Gasteiger partial charge < -0.3 is 4.74 Å². The first kappa shape index (κ1) is 16.5. The van der Waals surface area contributed by atoms with E-state index in [-0.39, 0.29) is 16.8 Å². The van der Waals surface area contributed by atoms with E-state index in [4.69, 9.17) is 4.74 Å². The molecule has 0 unspecified atom stereocenters. The topological polar surface area (TPSA) is 39.2 Å². The molecule has 3 heteroatoms. The van der Waals surface area contributed by atoms with E-state index in [2.05, 4.69) is 37.0 Å². The lowest BCUT2D eigenvalue weighted by molar-refractivity contribution is -0.178. The summed E-state index contributed by atoms with van der Waals surface area (Å²) in [6.45, 7) is 5.55. The van der Waals surface area contributed by atoms with Crippen LogP contribution in [-0.2, 0) is 9.53 Å². The van der Waals surface area contributed by atoms with Gasteiger partial charge in [0.25, 0.3) is 0 Å². The van der Waals surface area contributed by atoms with Gasteiger partial charge >= 0.3 is 5.97 Å². The quantitative estimate of drug-likeness (QED) is 0.677. The van der Waals surface area contributed by atoms with Crippen LogP contribution in [0.4, 0.5) is 0 Å². The number of carbonyl (C=O) groups excluding carboxylic acids is 1. The van der Waals surface area contributed by atoms with Crippen molar-refractivity contribution in [1.29, 1.82) is 0 Å². The van der Waals surface area contributed by atoms with Crippen LogP contribution in [0.2, 0.25) is 0 Å². The van der Waals surface area contributed by atoms with E-state index in [1.54, 1.807) is 0 Å². The third kappa shape index (κ3) is 2.18. The summed E-state index contributed by atoms with van der Waals surface area (Å²) in [5.41, 5.74) is 3.30. The zero-order valence-electron chi connectivity index (χ0n) is 15.9. The fourth-order valence-corrected chi connectivity index (χ4v) is 7.13. The lowest BCUT2D eigenvalue weighted by atomic mass is 9.46. The molecule has 138 valence electrons. The molecule has 1 aromatic rings. The smallest absolute Gasteiger partial charge is 0.306 e. The zero-order valence-corrected chi connectivity index (χ0v) is 15.9. The number of allylic oxidation sites excluding steroid dienone is 2. The van der Waals surface area contributed by atoms with Crippen molar-refractivity contribution in [3.63, 3.8) is 0 Å². The number of carbonyl (C=O) groups is 1. The molecule has 3 aliphatic carbocycles. The Labute approximate surface area is 156 Å². The van der Waals surface area contributed by atoms with Gasteiger partial charge in [-0.25, -0.2) is 0 Å². The average molecular weight is 351 g/mol. The molecule has 2 saturated carbocycles. The molecule has 0 N–H and O–H groups in total. The summed E-state index contributed by atoms with van der Waals surface area (Å²) in [4.78, 5) is 16.2. The van der Waals surface area contributed by atoms with Crippen molar-refractivity contribution in [3.05, 3.63) is 36.2 Å². The van der Waals surface area contributed by atoms with E-state index < -0.39 is 0 Å². The van der Waals surface area contributed by atoms with E-state index >= 15 is 0 Å². The highest BCUT2D eigenvalue weighted by Crippen LogP contribution is 2.66. The number of cyclic esters (lactones) is 1. The molecular weight excluding hydrogens is 322 g/mol. The van der Waals surface area contributed by atoms with Crippen molar-refractivity contribution >= 4 is 11.5 Å². The van der Waals surface area contributed by atoms with Gasteiger partial charge in [-0.05, 0) is 78.4 Å². The molecule has 2 heterocycles. The van der Waals surface area contributed by atoms with Gasteiger partial charge in [-0.2, -0.15) is 0 Å². The Morgan fingerprint density at radius 1 is 1.19 bits per heavy atom. The Morgan fingerprint density at radius 2 is 2.08 bits per heavy atom. The molecule has 0 radical (unpaired) electrons. The fraction of sp³-hybridized carbons (Fsp3) is 0.652. The summed E-state index contributed by atoms with van der Waals surface area (Å²) in [5, 5.41) is 0. The molecule has 0 bridgehead atoms. The fourth-order valence-electron chi connectivity index (χ4n) is 7.13. The molecule has 5 rings (SSSR count). The molecule has 3 fully saturated rings. The molecule has 1 aromatic heterocycles. The number of hydrogen-bond acceptors (Lipinski definition) is 3. The molecule has 26 heavy (non-hydrogen) atoms. The van der Waals surface area contributed by atoms with Crippen LogP contribution in [0, 0.1) is 34.5 Å². The standard InChI is InChI=1S/C23H29NO2/c1-22-10-9-20-17(6-5-16-12-21(25)26-14-23(16,20)2)19(22)8-7-18(22)15-4-3-11-24-13-15/h3-4,7,11,13,16-17,19-20H,5-6,8-10,12,14H2,1-2H3/t16-,17-,19-,20-,22+,23-/m0/s1. The Balaban J connectivity index is 1.45. The zero-order chi connectivity index (χ0) is 17.9. The summed E-state index contributed by atoms with van der Waals surface area (Å²) < 4.78 is 5.57. The Hall–Kier alpha value is -1.64. The number of esters is 1. The molecule has 0 spiro atoms. The molecule has 1 aliphatic heterocycles. The molecule has 0 amide bonds. The average Bonchev–Trinajstić information content (AvgIpc) is 3.00. The van der Waals surface area contributed by atoms with Crippen LogP contribution >= 0.6 is 0 Å². The van der Waals surface area contributed by atoms with Crippen LogP contribution in [0.3, 0.4) is 0 Å². The van der Waals surface area contributed by atoms with Gasteiger partial charge in [0.15, 0.2) is 0 Å². The number of aromatic nitrogens is 1. The third-order valence-corrected chi connectivity index (χ3v) is 8.58. The first-order valence-electron chi connectivity index (χ1n) is 10.3. The molecule has 1 saturated heterocycles. The lowest BCUT2D eigenvalue weighted by Gasteiger charge is -2.59. The predicted octanol–water partition coefficient (Wildman–Crippen LogP) is 4.88. The number of fused-ring (bicyclic) bond motifs is 5. The van der Waals surface area contributed by atoms with E-state index in [9.17, 15) is 4.79 Å². The van der Waals surface area contributed by atoms with E-state index in [1.807, 2.05) is 12.4 Å². The number of ether oxygens (including phenoxy) is 1. The van der Waals surface area contributed by atoms with Gasteiger partial charge in [-0.1, -0.05) is 26.0 Å². The highest BCUT2D eigenvalue weighted by Gasteiger charge is 2.59. The van der Waals surface area contributed by atoms with Gasteiger partial charge in [0.1, 0.15) is 0 Å². The first-order chi connectivity index (χ1) is 12.5. The minimum Gasteiger partial charge on any atom is -0.465 e. The SMILES string of the molecule is C[C@]12COC(=O)C[C@@H]1CC[C@@H]1[C@@H]2CC[C@]2(C)C(c3cccnc3)=CC[C@@H]12. The Bertz CT molecular complexity index is 757. The summed E-state index contributed by atoms with van der Waals surface area (Å²) in [6, 6.07) is 4.28. The largest absolute Gasteiger partial charge is 0.465 e. The molecular formula is C23H29NO2. The normalized spacial score (nSPS) is 44.4. The summed E-state index contributed by atoms with van der Waals surface area (Å²) in [7, 11) is 0. The number of nitrogens with zero attached hydrogens (tertiary/aromatic N) is 1. The van der Waals surface area contributed by atoms with Crippen LogP contribution < -0.4 is 0 Å². The van der Waals surface area contributed by atoms with E-state index in [0.717, 1.165) is 11.8 Å². The summed E-state index contributed by atoms with van der Waals surface area (Å²) >= 11 is 0. The number of hydrogen-bond donors (Lipinski definition) is 0. The molecule has 4 aliphatic rings. The second-order valence-corrected chi connectivity index (χ2v) is 9.57. The highest BCUT2D eigenvalue weighted by atomic mass is 16.5. The van der Waals surface area contributed by atoms with Crippen LogP contribution in [0.1, 0.15) is 57.9 Å². The van der Waals surface area contributed by atoms with Crippen LogP contribution in [0.5, 0.6) is 0 Å². The van der Waals surface area contributed by atoms with Gasteiger partial charge in [-0.15, -0.1) is 0 Å². The predicted molar refractivity (Wildman–Crippen MR) is 101 cm³/mol. The van der Waals surface area contributed by atoms with E-state index in [1.165, 1.54) is 43.2 Å². The maximum atomic E-state index is 11.8. The van der Waals surface area contributed by atoms with Gasteiger partial charge in [0, 0.05) is 24.2 Å². The molecule has 3 nitrogen and oxygen atoms in total. The molecule has 6 atom stereocenters. The van der Waals surface area contributed by atoms with Crippen LogP contribution in [0.25, 0.3) is 5.57 Å². The summed E-state index contributed by atoms with van der Waals surface area (Å²) in [6.07, 6.45) is 13.2. The Morgan fingerprint density at radius 3 is 2.88 bits per heavy atom. The van der Waals surface area contributed by atoms with Crippen molar-refractivity contribution in [1.82, 2.24) is 4.98 Å². The maximum Gasteiger partial charge on any atom is 0.306 e. The van der Waals surface area contributed by atoms with Crippen molar-refractivity contribution in [3.8, 4) is 0 Å². The summed E-state index contributed by atoms with van der Waals surface area (Å²) in [5.74, 6) is 2.74. The van der Waals surface area contributed by atoms with Crippen molar-refractivity contribution in [2.45, 2.75) is 52.4 Å². The van der Waals surface area contributed by atoms with Crippen molar-refractivity contribution < 1.29 is 9.53 Å². The van der Waals surface area contributed by atoms with Gasteiger partial charge in [-0.3, -0.25) is 9.78 Å². The number of rotatable bonds is 1. The monoisotopic (exact) mass is 351 g/mol. The minimum absolute atomic E-state index is 0.0213. The van der Waals surface area contributed by atoms with Crippen molar-refractivity contribution in [2.75, 3.05) is 6.61 Å². The number of pyridine rings is 1. The minimum atomic E-state index is 0.0213. The van der Waals surface area contributed by atoms with Gasteiger partial charge in [0.05, 0.1) is 6.61 Å².